The van der Waals surface area contributed by atoms with Gasteiger partial charge in [0, 0.05) is 30.5 Å². The lowest BCUT2D eigenvalue weighted by molar-refractivity contribution is 0.0683. The number of nitrogens with zero attached hydrogens (tertiary/aromatic N) is 2. The predicted octanol–water partition coefficient (Wildman–Crippen LogP) is 5.49. The van der Waals surface area contributed by atoms with Crippen LogP contribution in [0.1, 0.15) is 30.1 Å². The SMILES string of the molecule is CC1CCCN(C(=O)c2ccnc(Nc3ccc(Oc4ccccc4)cc3)c2)C1. The van der Waals surface area contributed by atoms with Crippen LogP contribution in [0.3, 0.4) is 0 Å². The molecule has 148 valence electrons. The molecule has 1 N–H and O–H groups in total. The molecule has 1 aromatic heterocycles. The molecule has 0 aliphatic carbocycles. The lowest BCUT2D eigenvalue weighted by Crippen LogP contribution is -2.39. The average Bonchev–Trinajstić information content (AvgIpc) is 2.75. The quantitative estimate of drug-likeness (QED) is 0.629. The molecule has 1 amide bonds. The Morgan fingerprint density at radius 3 is 2.59 bits per heavy atom. The van der Waals surface area contributed by atoms with Crippen molar-refractivity contribution in [1.82, 2.24) is 9.88 Å². The van der Waals surface area contributed by atoms with Crippen molar-refractivity contribution in [2.45, 2.75) is 19.8 Å². The molecule has 29 heavy (non-hydrogen) atoms. The second-order valence-corrected chi connectivity index (χ2v) is 7.49. The lowest BCUT2D eigenvalue weighted by atomic mass is 9.99. The maximum absolute atomic E-state index is 12.8. The van der Waals surface area contributed by atoms with E-state index in [1.54, 1.807) is 12.3 Å². The summed E-state index contributed by atoms with van der Waals surface area (Å²) in [5.41, 5.74) is 1.55. The first-order chi connectivity index (χ1) is 14.2. The van der Waals surface area contributed by atoms with Crippen molar-refractivity contribution in [3.05, 3.63) is 78.5 Å². The second kappa shape index (κ2) is 8.78. The van der Waals surface area contributed by atoms with Gasteiger partial charge in [0.25, 0.3) is 5.91 Å². The molecule has 5 nitrogen and oxygen atoms in total. The van der Waals surface area contributed by atoms with Gasteiger partial charge >= 0.3 is 0 Å². The molecule has 0 saturated carbocycles. The van der Waals surface area contributed by atoms with Crippen molar-refractivity contribution in [2.24, 2.45) is 5.92 Å². The van der Waals surface area contributed by atoms with E-state index in [2.05, 4.69) is 17.2 Å². The molecule has 1 fully saturated rings. The van der Waals surface area contributed by atoms with Crippen LogP contribution in [0.15, 0.2) is 72.9 Å². The van der Waals surface area contributed by atoms with Gasteiger partial charge in [0.1, 0.15) is 17.3 Å². The first-order valence-electron chi connectivity index (χ1n) is 10.0. The van der Waals surface area contributed by atoms with Gasteiger partial charge in [-0.15, -0.1) is 0 Å². The van der Waals surface area contributed by atoms with Crippen molar-refractivity contribution in [3.63, 3.8) is 0 Å². The average molecular weight is 387 g/mol. The number of para-hydroxylation sites is 1. The number of nitrogens with one attached hydrogen (secondary N) is 1. The van der Waals surface area contributed by atoms with Crippen LogP contribution in [0.5, 0.6) is 11.5 Å². The Bertz CT molecular complexity index is 957. The number of rotatable bonds is 5. The Balaban J connectivity index is 1.42. The van der Waals surface area contributed by atoms with Gasteiger partial charge in [-0.05, 0) is 67.3 Å². The number of pyridine rings is 1. The molecule has 0 spiro atoms. The normalized spacial score (nSPS) is 16.3. The lowest BCUT2D eigenvalue weighted by Gasteiger charge is -2.31. The van der Waals surface area contributed by atoms with E-state index >= 15 is 0 Å². The Hall–Kier alpha value is -3.34. The summed E-state index contributed by atoms with van der Waals surface area (Å²) in [4.78, 5) is 19.1. The monoisotopic (exact) mass is 387 g/mol. The van der Waals surface area contributed by atoms with Crippen molar-refractivity contribution < 1.29 is 9.53 Å². The molecule has 0 radical (unpaired) electrons. The van der Waals surface area contributed by atoms with E-state index in [0.29, 0.717) is 17.3 Å². The van der Waals surface area contributed by atoms with Crippen molar-refractivity contribution >= 4 is 17.4 Å². The molecule has 1 unspecified atom stereocenters. The van der Waals surface area contributed by atoms with E-state index in [-0.39, 0.29) is 5.91 Å². The molecule has 1 saturated heterocycles. The van der Waals surface area contributed by atoms with E-state index in [9.17, 15) is 4.79 Å². The number of anilines is 2. The first kappa shape index (κ1) is 19.0. The van der Waals surface area contributed by atoms with E-state index in [1.807, 2.05) is 65.6 Å². The fraction of sp³-hybridized carbons (Fsp3) is 0.250. The molecular formula is C24H25N3O2. The Morgan fingerprint density at radius 1 is 1.07 bits per heavy atom. The first-order valence-corrected chi connectivity index (χ1v) is 10.0. The van der Waals surface area contributed by atoms with E-state index in [4.69, 9.17) is 4.74 Å². The number of hydrogen-bond donors (Lipinski definition) is 1. The number of hydrogen-bond acceptors (Lipinski definition) is 4. The van der Waals surface area contributed by atoms with Crippen molar-refractivity contribution in [2.75, 3.05) is 18.4 Å². The van der Waals surface area contributed by atoms with Crippen LogP contribution in [-0.4, -0.2) is 28.9 Å². The van der Waals surface area contributed by atoms with Gasteiger partial charge in [0.05, 0.1) is 0 Å². The topological polar surface area (TPSA) is 54.5 Å². The molecular weight excluding hydrogens is 362 g/mol. The van der Waals surface area contributed by atoms with E-state index < -0.39 is 0 Å². The standard InChI is InChI=1S/C24H25N3O2/c1-18-6-5-15-27(17-18)24(28)19-13-14-25-23(16-19)26-20-9-11-22(12-10-20)29-21-7-3-2-4-8-21/h2-4,7-14,16,18H,5-6,15,17H2,1H3,(H,25,26). The van der Waals surface area contributed by atoms with Gasteiger partial charge < -0.3 is 15.0 Å². The summed E-state index contributed by atoms with van der Waals surface area (Å²) in [5, 5.41) is 3.26. The summed E-state index contributed by atoms with van der Waals surface area (Å²) in [5.74, 6) is 2.85. The number of carbonyl (C=O) groups excluding carboxylic acids is 1. The Labute approximate surface area is 171 Å². The molecule has 5 heteroatoms. The van der Waals surface area contributed by atoms with Crippen LogP contribution in [0.4, 0.5) is 11.5 Å². The second-order valence-electron chi connectivity index (χ2n) is 7.49. The molecule has 2 heterocycles. The highest BCUT2D eigenvalue weighted by Crippen LogP contribution is 2.24. The van der Waals surface area contributed by atoms with Crippen LogP contribution >= 0.6 is 0 Å². The van der Waals surface area contributed by atoms with Crippen LogP contribution in [0.2, 0.25) is 0 Å². The number of piperidine rings is 1. The van der Waals surface area contributed by atoms with Crippen LogP contribution in [0, 0.1) is 5.92 Å². The third kappa shape index (κ3) is 4.93. The van der Waals surface area contributed by atoms with E-state index in [1.165, 1.54) is 6.42 Å². The largest absolute Gasteiger partial charge is 0.457 e. The fourth-order valence-corrected chi connectivity index (χ4v) is 3.57. The highest BCUT2D eigenvalue weighted by Gasteiger charge is 2.22. The van der Waals surface area contributed by atoms with Crippen LogP contribution in [-0.2, 0) is 0 Å². The van der Waals surface area contributed by atoms with Gasteiger partial charge in [0.2, 0.25) is 0 Å². The van der Waals surface area contributed by atoms with Gasteiger partial charge in [-0.2, -0.15) is 0 Å². The summed E-state index contributed by atoms with van der Waals surface area (Å²) in [7, 11) is 0. The summed E-state index contributed by atoms with van der Waals surface area (Å²) < 4.78 is 5.82. The number of benzene rings is 2. The Morgan fingerprint density at radius 2 is 1.83 bits per heavy atom. The number of amides is 1. The van der Waals surface area contributed by atoms with Crippen molar-refractivity contribution in [1.29, 1.82) is 0 Å². The minimum absolute atomic E-state index is 0.0774. The molecule has 3 aromatic rings. The predicted molar refractivity (Wildman–Crippen MR) is 115 cm³/mol. The molecule has 4 rings (SSSR count). The number of ether oxygens (including phenoxy) is 1. The molecule has 1 aliphatic heterocycles. The zero-order valence-corrected chi connectivity index (χ0v) is 16.5. The van der Waals surface area contributed by atoms with Gasteiger partial charge in [0.15, 0.2) is 0 Å². The highest BCUT2D eigenvalue weighted by atomic mass is 16.5. The van der Waals surface area contributed by atoms with Gasteiger partial charge in [-0.1, -0.05) is 25.1 Å². The third-order valence-corrected chi connectivity index (χ3v) is 5.06. The number of aromatic nitrogens is 1. The zero-order chi connectivity index (χ0) is 20.1. The number of carbonyl (C=O) groups is 1. The zero-order valence-electron chi connectivity index (χ0n) is 16.5. The summed E-state index contributed by atoms with van der Waals surface area (Å²) in [6.07, 6.45) is 3.94. The van der Waals surface area contributed by atoms with Crippen LogP contribution in [0.25, 0.3) is 0 Å². The molecule has 1 aliphatic rings. The van der Waals surface area contributed by atoms with Gasteiger partial charge in [-0.3, -0.25) is 4.79 Å². The molecule has 1 atom stereocenters. The molecule has 0 bridgehead atoms. The highest BCUT2D eigenvalue weighted by molar-refractivity contribution is 5.95. The Kier molecular flexibility index (Phi) is 5.75. The minimum Gasteiger partial charge on any atom is -0.457 e. The van der Waals surface area contributed by atoms with Gasteiger partial charge in [-0.25, -0.2) is 4.98 Å². The maximum Gasteiger partial charge on any atom is 0.254 e. The summed E-state index contributed by atoms with van der Waals surface area (Å²) in [6, 6.07) is 20.9. The third-order valence-electron chi connectivity index (χ3n) is 5.06. The summed E-state index contributed by atoms with van der Waals surface area (Å²) in [6.45, 7) is 3.86. The fourth-order valence-electron chi connectivity index (χ4n) is 3.57. The minimum atomic E-state index is 0.0774. The van der Waals surface area contributed by atoms with Crippen molar-refractivity contribution in [3.8, 4) is 11.5 Å². The maximum atomic E-state index is 12.8. The van der Waals surface area contributed by atoms with E-state index in [0.717, 1.165) is 36.7 Å². The molecule has 2 aromatic carbocycles. The van der Waals surface area contributed by atoms with Crippen LogP contribution < -0.4 is 10.1 Å². The number of likely N-dealkylation sites (tertiary alicyclic amines) is 1. The summed E-state index contributed by atoms with van der Waals surface area (Å²) >= 11 is 0. The smallest absolute Gasteiger partial charge is 0.254 e.